The summed E-state index contributed by atoms with van der Waals surface area (Å²) in [5.41, 5.74) is 8.44. The number of hydrogen-bond donors (Lipinski definition) is 1. The van der Waals surface area contributed by atoms with Gasteiger partial charge in [-0.05, 0) is 56.0 Å². The Balaban J connectivity index is 1.34. The van der Waals surface area contributed by atoms with Crippen molar-refractivity contribution in [3.05, 3.63) is 88.6 Å². The molecule has 0 radical (unpaired) electrons. The van der Waals surface area contributed by atoms with E-state index in [4.69, 9.17) is 4.52 Å². The second-order valence-corrected chi connectivity index (χ2v) is 11.8. The molecule has 39 heavy (non-hydrogen) atoms. The lowest BCUT2D eigenvalue weighted by Gasteiger charge is -2.46. The normalized spacial score (nSPS) is 28.5. The Kier molecular flexibility index (Phi) is 4.92. The van der Waals surface area contributed by atoms with Crippen molar-refractivity contribution < 1.29 is 14.1 Å². The number of rotatable bonds is 4. The van der Waals surface area contributed by atoms with Gasteiger partial charge in [0.2, 0.25) is 0 Å². The number of fused-ring (bicyclic) bond motifs is 2. The fourth-order valence-corrected chi connectivity index (χ4v) is 7.77. The van der Waals surface area contributed by atoms with Crippen LogP contribution in [0.25, 0.3) is 11.1 Å². The van der Waals surface area contributed by atoms with E-state index in [-0.39, 0.29) is 33.7 Å². The summed E-state index contributed by atoms with van der Waals surface area (Å²) in [7, 11) is 3.80. The molecule has 3 aliphatic rings. The number of likely N-dealkylation sites (N-methyl/N-ethyl adjacent to an activating group) is 2. The summed E-state index contributed by atoms with van der Waals surface area (Å²) in [5, 5.41) is 11.3. The van der Waals surface area contributed by atoms with Gasteiger partial charge >= 0.3 is 5.91 Å². The molecule has 1 saturated carbocycles. The Morgan fingerprint density at radius 1 is 1.10 bits per heavy atom. The molecule has 7 rings (SSSR count). The molecule has 4 unspecified atom stereocenters. The number of aromatic amines is 1. The molecule has 2 aliphatic carbocycles. The fourth-order valence-electron chi connectivity index (χ4n) is 7.77. The van der Waals surface area contributed by atoms with Gasteiger partial charge in [0.05, 0.1) is 18.4 Å². The van der Waals surface area contributed by atoms with Gasteiger partial charge in [-0.3, -0.25) is 9.89 Å². The summed E-state index contributed by atoms with van der Waals surface area (Å²) in [6.07, 6.45) is 3.25. The minimum atomic E-state index is -0.614. The molecule has 2 fully saturated rings. The van der Waals surface area contributed by atoms with Crippen LogP contribution in [0, 0.1) is 26.2 Å². The van der Waals surface area contributed by atoms with Gasteiger partial charge in [-0.2, -0.15) is 5.10 Å². The number of piperidine rings is 1. The number of likely N-dealkylation sites (tertiary alicyclic amines) is 1. The SMILES string of the molecule is Cc1nocc1C(=O)N(C)[C@@H]1C(=O)[N+](C)(c2ccc(-c3c(C)n[nH]c3C)cc2)C2CC23Cc2ccccc2C13. The Labute approximate surface area is 227 Å². The largest absolute Gasteiger partial charge is 0.364 e. The first-order valence-corrected chi connectivity index (χ1v) is 13.5. The van der Waals surface area contributed by atoms with Crippen LogP contribution in [0.2, 0.25) is 0 Å². The Hall–Kier alpha value is -4.04. The summed E-state index contributed by atoms with van der Waals surface area (Å²) in [5.74, 6) is -0.233. The van der Waals surface area contributed by atoms with Crippen LogP contribution in [0.4, 0.5) is 5.69 Å². The van der Waals surface area contributed by atoms with E-state index in [9.17, 15) is 9.59 Å². The van der Waals surface area contributed by atoms with Gasteiger partial charge in [-0.25, -0.2) is 9.28 Å². The Morgan fingerprint density at radius 2 is 1.85 bits per heavy atom. The first-order chi connectivity index (χ1) is 18.7. The minimum Gasteiger partial charge on any atom is -0.364 e. The zero-order chi connectivity index (χ0) is 27.3. The first kappa shape index (κ1) is 24.0. The van der Waals surface area contributed by atoms with E-state index < -0.39 is 6.04 Å². The maximum absolute atomic E-state index is 14.8. The van der Waals surface area contributed by atoms with Gasteiger partial charge in [0.25, 0.3) is 5.91 Å². The van der Waals surface area contributed by atoms with Crippen LogP contribution in [0.1, 0.15) is 50.9 Å². The van der Waals surface area contributed by atoms with Crippen molar-refractivity contribution in [2.75, 3.05) is 14.1 Å². The smallest absolute Gasteiger partial charge is 0.342 e. The van der Waals surface area contributed by atoms with E-state index in [1.165, 1.54) is 17.4 Å². The molecule has 1 N–H and O–H groups in total. The highest BCUT2D eigenvalue weighted by Crippen LogP contribution is 2.71. The minimum absolute atomic E-state index is 0.0398. The third-order valence-corrected chi connectivity index (χ3v) is 9.79. The molecule has 1 spiro atoms. The van der Waals surface area contributed by atoms with Crippen molar-refractivity contribution in [1.82, 2.24) is 24.7 Å². The first-order valence-electron chi connectivity index (χ1n) is 13.5. The van der Waals surface area contributed by atoms with Crippen LogP contribution in [0.5, 0.6) is 0 Å². The number of carbonyl (C=O) groups excluding carboxylic acids is 2. The molecule has 8 nitrogen and oxygen atoms in total. The van der Waals surface area contributed by atoms with Crippen LogP contribution in [0.15, 0.2) is 59.3 Å². The Morgan fingerprint density at radius 3 is 2.51 bits per heavy atom. The number of nitrogens with zero attached hydrogens (tertiary/aromatic N) is 4. The molecule has 2 aromatic heterocycles. The Bertz CT molecular complexity index is 1630. The lowest BCUT2D eigenvalue weighted by Crippen LogP contribution is -2.67. The third kappa shape index (κ3) is 3.09. The number of hydrogen-bond acceptors (Lipinski definition) is 5. The van der Waals surface area contributed by atoms with Crippen molar-refractivity contribution in [2.24, 2.45) is 5.41 Å². The number of H-pyrrole nitrogens is 1. The van der Waals surface area contributed by atoms with Crippen LogP contribution < -0.4 is 4.48 Å². The van der Waals surface area contributed by atoms with Crippen LogP contribution in [0.3, 0.4) is 0 Å². The van der Waals surface area contributed by atoms with Gasteiger partial charge in [0.15, 0.2) is 6.04 Å². The van der Waals surface area contributed by atoms with E-state index in [2.05, 4.69) is 57.8 Å². The van der Waals surface area contributed by atoms with Crippen LogP contribution in [-0.4, -0.2) is 58.2 Å². The highest BCUT2D eigenvalue weighted by Gasteiger charge is 2.79. The second-order valence-electron chi connectivity index (χ2n) is 11.8. The van der Waals surface area contributed by atoms with E-state index in [1.54, 1.807) is 18.9 Å². The van der Waals surface area contributed by atoms with Crippen LogP contribution in [-0.2, 0) is 11.2 Å². The third-order valence-electron chi connectivity index (χ3n) is 9.79. The summed E-state index contributed by atoms with van der Waals surface area (Å²) < 4.78 is 5.26. The summed E-state index contributed by atoms with van der Waals surface area (Å²) in [6, 6.07) is 16.3. The molecule has 2 amide bonds. The topological polar surface area (TPSA) is 92.1 Å². The average molecular weight is 523 g/mol. The quantitative estimate of drug-likeness (QED) is 0.392. The zero-order valence-corrected chi connectivity index (χ0v) is 22.9. The molecule has 1 aliphatic heterocycles. The summed E-state index contributed by atoms with van der Waals surface area (Å²) >= 11 is 0. The predicted octanol–water partition coefficient (Wildman–Crippen LogP) is 4.71. The lowest BCUT2D eigenvalue weighted by molar-refractivity contribution is -0.139. The van der Waals surface area contributed by atoms with Crippen molar-refractivity contribution in [2.45, 2.75) is 51.6 Å². The van der Waals surface area contributed by atoms with Crippen molar-refractivity contribution in [3.8, 4) is 11.1 Å². The highest BCUT2D eigenvalue weighted by molar-refractivity contribution is 6.02. The van der Waals surface area contributed by atoms with E-state index >= 15 is 0 Å². The molecular weight excluding hydrogens is 490 g/mol. The number of aromatic nitrogens is 3. The maximum Gasteiger partial charge on any atom is 0.342 e. The van der Waals surface area contributed by atoms with E-state index in [0.717, 1.165) is 41.0 Å². The van der Waals surface area contributed by atoms with E-state index in [0.29, 0.717) is 11.3 Å². The van der Waals surface area contributed by atoms with Gasteiger partial charge in [-0.1, -0.05) is 29.4 Å². The molecule has 1 saturated heterocycles. The number of quaternary nitrogens is 1. The second kappa shape index (κ2) is 7.99. The number of nitrogens with one attached hydrogen (secondary N) is 1. The standard InChI is InChI=1S/C31H32N5O3/c1-17-24(16-39-34-17)29(37)35(4)28-27-23-9-7-6-8-21(23)14-31(27)15-25(31)36(5,30(28)38)22-12-10-20(11-13-22)26-18(2)32-33-19(26)3/h6-13,16,25,27-28H,14-15H2,1-5H3,(H,32,33)/q+1/t25?,27?,28-,31?,36?/m0/s1. The van der Waals surface area contributed by atoms with Crippen LogP contribution >= 0.6 is 0 Å². The molecule has 8 heteroatoms. The van der Waals surface area contributed by atoms with Gasteiger partial charge in [0, 0.05) is 48.2 Å². The van der Waals surface area contributed by atoms with E-state index in [1.807, 2.05) is 27.0 Å². The zero-order valence-electron chi connectivity index (χ0n) is 22.9. The molecule has 4 aromatic rings. The van der Waals surface area contributed by atoms with Crippen molar-refractivity contribution in [1.29, 1.82) is 0 Å². The van der Waals surface area contributed by atoms with Gasteiger partial charge in [0.1, 0.15) is 23.6 Å². The fraction of sp³-hybridized carbons (Fsp3) is 0.355. The number of benzene rings is 2. The molecule has 0 bridgehead atoms. The molecule has 3 heterocycles. The predicted molar refractivity (Wildman–Crippen MR) is 147 cm³/mol. The van der Waals surface area contributed by atoms with Crippen molar-refractivity contribution >= 4 is 17.5 Å². The molecule has 198 valence electrons. The van der Waals surface area contributed by atoms with Gasteiger partial charge in [-0.15, -0.1) is 0 Å². The highest BCUT2D eigenvalue weighted by atomic mass is 16.5. The number of aryl methyl sites for hydroxylation is 3. The monoisotopic (exact) mass is 522 g/mol. The van der Waals surface area contributed by atoms with Crippen molar-refractivity contribution in [3.63, 3.8) is 0 Å². The number of carbonyl (C=O) groups is 2. The number of amides is 2. The molecular formula is C31H32N5O3+. The molecule has 2 aromatic carbocycles. The summed E-state index contributed by atoms with van der Waals surface area (Å²) in [6.45, 7) is 5.77. The molecule has 5 atom stereocenters. The average Bonchev–Trinajstić information content (AvgIpc) is 3.16. The summed E-state index contributed by atoms with van der Waals surface area (Å²) in [4.78, 5) is 30.2. The lowest BCUT2D eigenvalue weighted by atomic mass is 9.77. The van der Waals surface area contributed by atoms with Gasteiger partial charge < -0.3 is 9.42 Å². The maximum atomic E-state index is 14.8.